The Morgan fingerprint density at radius 3 is 2.89 bits per heavy atom. The lowest BCUT2D eigenvalue weighted by Crippen LogP contribution is -2.44. The molecule has 1 aromatic carbocycles. The number of rotatable bonds is 5. The van der Waals surface area contributed by atoms with E-state index in [1.54, 1.807) is 7.11 Å². The second kappa shape index (κ2) is 6.18. The normalized spacial score (nSPS) is 23.9. The maximum atomic E-state index is 6.45. The van der Waals surface area contributed by atoms with Crippen molar-refractivity contribution in [3.63, 3.8) is 0 Å². The maximum absolute atomic E-state index is 6.45. The van der Waals surface area contributed by atoms with Gasteiger partial charge in [-0.15, -0.1) is 0 Å². The highest BCUT2D eigenvalue weighted by Gasteiger charge is 2.32. The van der Waals surface area contributed by atoms with Crippen molar-refractivity contribution in [2.45, 2.75) is 18.4 Å². The van der Waals surface area contributed by atoms with Gasteiger partial charge in [-0.25, -0.2) is 0 Å². The van der Waals surface area contributed by atoms with Crippen molar-refractivity contribution >= 4 is 0 Å². The predicted molar refractivity (Wildman–Crippen MR) is 69.7 cm³/mol. The molecule has 0 aromatic heterocycles. The number of nitrogens with two attached hydrogens (primary N) is 1. The largest absolute Gasteiger partial charge is 0.491 e. The fourth-order valence-electron chi connectivity index (χ4n) is 2.27. The van der Waals surface area contributed by atoms with E-state index in [1.165, 1.54) is 0 Å². The first kappa shape index (κ1) is 13.3. The monoisotopic (exact) mass is 251 g/mol. The molecule has 4 heteroatoms. The van der Waals surface area contributed by atoms with E-state index in [4.69, 9.17) is 19.9 Å². The average molecular weight is 251 g/mol. The summed E-state index contributed by atoms with van der Waals surface area (Å²) in [5, 5.41) is 0. The van der Waals surface area contributed by atoms with Crippen LogP contribution in [0.15, 0.2) is 24.3 Å². The molecule has 0 amide bonds. The molecule has 4 nitrogen and oxygen atoms in total. The van der Waals surface area contributed by atoms with E-state index in [-0.39, 0.29) is 0 Å². The minimum atomic E-state index is -0.429. The molecule has 100 valence electrons. The van der Waals surface area contributed by atoms with Crippen molar-refractivity contribution in [1.82, 2.24) is 0 Å². The molecule has 1 saturated heterocycles. The molecule has 1 aliphatic heterocycles. The van der Waals surface area contributed by atoms with Crippen LogP contribution in [0.2, 0.25) is 0 Å². The molecule has 2 N–H and O–H groups in total. The molecule has 0 bridgehead atoms. The lowest BCUT2D eigenvalue weighted by atomic mass is 9.85. The second-order valence-corrected chi connectivity index (χ2v) is 4.65. The second-order valence-electron chi connectivity index (χ2n) is 4.65. The quantitative estimate of drug-likeness (QED) is 0.809. The Labute approximate surface area is 108 Å². The van der Waals surface area contributed by atoms with Gasteiger partial charge in [0.25, 0.3) is 0 Å². The molecular formula is C14H21NO3. The lowest BCUT2D eigenvalue weighted by Gasteiger charge is -2.34. The summed E-state index contributed by atoms with van der Waals surface area (Å²) in [6.45, 7) is 2.45. The minimum absolute atomic E-state index is 0.429. The zero-order chi connectivity index (χ0) is 12.8. The van der Waals surface area contributed by atoms with Gasteiger partial charge in [-0.05, 0) is 18.9 Å². The first-order valence-electron chi connectivity index (χ1n) is 6.34. The number of hydrogen-bond donors (Lipinski definition) is 1. The van der Waals surface area contributed by atoms with E-state index in [0.29, 0.717) is 19.8 Å². The van der Waals surface area contributed by atoms with E-state index in [2.05, 4.69) is 0 Å². The molecule has 1 aromatic rings. The minimum Gasteiger partial charge on any atom is -0.491 e. The summed E-state index contributed by atoms with van der Waals surface area (Å²) >= 11 is 0. The molecule has 2 rings (SSSR count). The highest BCUT2D eigenvalue weighted by molar-refractivity contribution is 5.39. The molecule has 0 radical (unpaired) electrons. The third kappa shape index (κ3) is 3.02. The van der Waals surface area contributed by atoms with Gasteiger partial charge in [-0.3, -0.25) is 0 Å². The number of benzene rings is 1. The number of para-hydroxylation sites is 1. The number of methoxy groups -OCH3 is 1. The average Bonchev–Trinajstić information content (AvgIpc) is 2.40. The first-order valence-corrected chi connectivity index (χ1v) is 6.34. The Kier molecular flexibility index (Phi) is 4.58. The Morgan fingerprint density at radius 2 is 2.17 bits per heavy atom. The van der Waals surface area contributed by atoms with Crippen LogP contribution in [-0.2, 0) is 15.0 Å². The van der Waals surface area contributed by atoms with Gasteiger partial charge in [0, 0.05) is 19.3 Å². The van der Waals surface area contributed by atoms with Crippen molar-refractivity contribution in [1.29, 1.82) is 0 Å². The van der Waals surface area contributed by atoms with Crippen LogP contribution in [0.3, 0.4) is 0 Å². The van der Waals surface area contributed by atoms with Crippen molar-refractivity contribution in [3.8, 4) is 5.75 Å². The topological polar surface area (TPSA) is 53.7 Å². The molecule has 1 unspecified atom stereocenters. The third-order valence-corrected chi connectivity index (χ3v) is 3.24. The molecule has 1 atom stereocenters. The van der Waals surface area contributed by atoms with E-state index < -0.39 is 5.54 Å². The van der Waals surface area contributed by atoms with Gasteiger partial charge in [0.15, 0.2) is 0 Å². The zero-order valence-corrected chi connectivity index (χ0v) is 10.9. The van der Waals surface area contributed by atoms with Crippen LogP contribution in [0.25, 0.3) is 0 Å². The van der Waals surface area contributed by atoms with Gasteiger partial charge in [-0.1, -0.05) is 18.2 Å². The fourth-order valence-corrected chi connectivity index (χ4v) is 2.27. The number of ether oxygens (including phenoxy) is 3. The van der Waals surface area contributed by atoms with Crippen LogP contribution in [0.5, 0.6) is 5.75 Å². The summed E-state index contributed by atoms with van der Waals surface area (Å²) in [5.41, 5.74) is 7.05. The summed E-state index contributed by atoms with van der Waals surface area (Å²) in [7, 11) is 1.66. The maximum Gasteiger partial charge on any atom is 0.124 e. The van der Waals surface area contributed by atoms with Gasteiger partial charge in [-0.2, -0.15) is 0 Å². The molecule has 0 spiro atoms. The molecule has 0 saturated carbocycles. The Bertz CT molecular complexity index is 375. The zero-order valence-electron chi connectivity index (χ0n) is 10.9. The molecule has 18 heavy (non-hydrogen) atoms. The summed E-state index contributed by atoms with van der Waals surface area (Å²) in [6, 6.07) is 7.92. The molecule has 0 aliphatic carbocycles. The highest BCUT2D eigenvalue weighted by Crippen LogP contribution is 2.34. The van der Waals surface area contributed by atoms with E-state index in [0.717, 1.165) is 30.8 Å². The van der Waals surface area contributed by atoms with E-state index in [1.807, 2.05) is 24.3 Å². The Hall–Kier alpha value is -1.10. The van der Waals surface area contributed by atoms with Crippen molar-refractivity contribution in [2.75, 3.05) is 33.5 Å². The van der Waals surface area contributed by atoms with Crippen LogP contribution < -0.4 is 10.5 Å². The van der Waals surface area contributed by atoms with Gasteiger partial charge in [0.05, 0.1) is 18.8 Å². The van der Waals surface area contributed by atoms with Gasteiger partial charge in [0.2, 0.25) is 0 Å². The SMILES string of the molecule is COCCOc1ccccc1C1(N)CCCOC1. The Morgan fingerprint density at radius 1 is 1.33 bits per heavy atom. The number of hydrogen-bond acceptors (Lipinski definition) is 4. The van der Waals surface area contributed by atoms with Crippen molar-refractivity contribution < 1.29 is 14.2 Å². The summed E-state index contributed by atoms with van der Waals surface area (Å²) in [6.07, 6.45) is 1.92. The molecule has 1 heterocycles. The third-order valence-electron chi connectivity index (χ3n) is 3.24. The summed E-state index contributed by atoms with van der Waals surface area (Å²) in [5.74, 6) is 0.836. The van der Waals surface area contributed by atoms with Crippen LogP contribution in [0, 0.1) is 0 Å². The van der Waals surface area contributed by atoms with E-state index >= 15 is 0 Å². The van der Waals surface area contributed by atoms with Crippen LogP contribution in [0.1, 0.15) is 18.4 Å². The molecular weight excluding hydrogens is 230 g/mol. The van der Waals surface area contributed by atoms with Gasteiger partial charge < -0.3 is 19.9 Å². The lowest BCUT2D eigenvalue weighted by molar-refractivity contribution is 0.0350. The van der Waals surface area contributed by atoms with Crippen molar-refractivity contribution in [2.24, 2.45) is 5.73 Å². The molecule has 1 fully saturated rings. The summed E-state index contributed by atoms with van der Waals surface area (Å²) < 4.78 is 16.2. The summed E-state index contributed by atoms with van der Waals surface area (Å²) in [4.78, 5) is 0. The van der Waals surface area contributed by atoms with Crippen molar-refractivity contribution in [3.05, 3.63) is 29.8 Å². The van der Waals surface area contributed by atoms with Crippen LogP contribution in [-0.4, -0.2) is 33.5 Å². The fraction of sp³-hybridized carbons (Fsp3) is 0.571. The van der Waals surface area contributed by atoms with Crippen LogP contribution in [0.4, 0.5) is 0 Å². The predicted octanol–water partition coefficient (Wildman–Crippen LogP) is 1.68. The standard InChI is InChI=1S/C14H21NO3/c1-16-9-10-18-13-6-3-2-5-12(13)14(15)7-4-8-17-11-14/h2-3,5-6H,4,7-11,15H2,1H3. The first-order chi connectivity index (χ1) is 8.76. The smallest absolute Gasteiger partial charge is 0.124 e. The molecule has 1 aliphatic rings. The van der Waals surface area contributed by atoms with Crippen LogP contribution >= 0.6 is 0 Å². The van der Waals surface area contributed by atoms with Gasteiger partial charge >= 0.3 is 0 Å². The van der Waals surface area contributed by atoms with Gasteiger partial charge in [0.1, 0.15) is 12.4 Å². The highest BCUT2D eigenvalue weighted by atomic mass is 16.5. The Balaban J connectivity index is 2.15. The van der Waals surface area contributed by atoms with E-state index in [9.17, 15) is 0 Å².